The number of nitrogens with zero attached hydrogens (tertiary/aromatic N) is 1. The van der Waals surface area contributed by atoms with Crippen LogP contribution in [0.2, 0.25) is 0 Å². The number of amides is 1. The van der Waals surface area contributed by atoms with Crippen molar-refractivity contribution in [1.82, 2.24) is 4.98 Å². The molecule has 14 heavy (non-hydrogen) atoms. The summed E-state index contributed by atoms with van der Waals surface area (Å²) in [5.74, 6) is -0.946. The molecule has 0 saturated carbocycles. The average molecular weight is 221 g/mol. The molecule has 0 aliphatic carbocycles. The van der Waals surface area contributed by atoms with Crippen molar-refractivity contribution in [2.45, 2.75) is 12.3 Å². The van der Waals surface area contributed by atoms with Crippen LogP contribution in [-0.4, -0.2) is 10.9 Å². The molecule has 0 spiro atoms. The summed E-state index contributed by atoms with van der Waals surface area (Å²) in [4.78, 5) is 14.3. The topological polar surface area (TPSA) is 56.0 Å². The van der Waals surface area contributed by atoms with Gasteiger partial charge in [-0.15, -0.1) is 11.6 Å². The number of aromatic nitrogens is 1. The first-order valence-electron chi connectivity index (χ1n) is 3.70. The fraction of sp³-hybridized carbons (Fsp3) is 0.250. The molecule has 0 unspecified atom stereocenters. The van der Waals surface area contributed by atoms with E-state index in [1.807, 2.05) is 0 Å². The Bertz CT molecular complexity index is 357. The molecule has 2 N–H and O–H groups in total. The van der Waals surface area contributed by atoms with Crippen LogP contribution in [0.25, 0.3) is 0 Å². The SMILES string of the molecule is NC(=O)c1ccc(C(F)F)c(CCl)n1. The number of hydrogen-bond acceptors (Lipinski definition) is 2. The monoisotopic (exact) mass is 220 g/mol. The van der Waals surface area contributed by atoms with Crippen molar-refractivity contribution in [3.8, 4) is 0 Å². The van der Waals surface area contributed by atoms with E-state index in [1.54, 1.807) is 0 Å². The first kappa shape index (κ1) is 10.8. The molecular formula is C8H7ClF2N2O. The van der Waals surface area contributed by atoms with Gasteiger partial charge in [0.15, 0.2) is 0 Å². The summed E-state index contributed by atoms with van der Waals surface area (Å²) in [6.07, 6.45) is -2.65. The molecule has 0 radical (unpaired) electrons. The van der Waals surface area contributed by atoms with Gasteiger partial charge in [-0.2, -0.15) is 0 Å². The molecule has 1 rings (SSSR count). The smallest absolute Gasteiger partial charge is 0.267 e. The number of nitrogens with two attached hydrogens (primary N) is 1. The zero-order valence-electron chi connectivity index (χ0n) is 7.01. The third kappa shape index (κ3) is 2.17. The van der Waals surface area contributed by atoms with Gasteiger partial charge in [-0.3, -0.25) is 4.79 Å². The highest BCUT2D eigenvalue weighted by Crippen LogP contribution is 2.22. The normalized spacial score (nSPS) is 10.6. The molecule has 6 heteroatoms. The van der Waals surface area contributed by atoms with Gasteiger partial charge in [-0.1, -0.05) is 0 Å². The van der Waals surface area contributed by atoms with Crippen molar-refractivity contribution >= 4 is 17.5 Å². The predicted molar refractivity (Wildman–Crippen MR) is 47.3 cm³/mol. The largest absolute Gasteiger partial charge is 0.364 e. The molecule has 76 valence electrons. The number of carbonyl (C=O) groups is 1. The van der Waals surface area contributed by atoms with Crippen LogP contribution >= 0.6 is 11.6 Å². The zero-order valence-corrected chi connectivity index (χ0v) is 7.76. The molecule has 0 aliphatic heterocycles. The lowest BCUT2D eigenvalue weighted by Gasteiger charge is -2.05. The van der Waals surface area contributed by atoms with E-state index in [0.29, 0.717) is 0 Å². The Morgan fingerprint density at radius 1 is 1.57 bits per heavy atom. The van der Waals surface area contributed by atoms with Gasteiger partial charge in [0.1, 0.15) is 5.69 Å². The molecule has 0 bridgehead atoms. The lowest BCUT2D eigenvalue weighted by molar-refractivity contribution is 0.0994. The predicted octanol–water partition coefficient (Wildman–Crippen LogP) is 1.86. The quantitative estimate of drug-likeness (QED) is 0.791. The van der Waals surface area contributed by atoms with Crippen LogP contribution in [0, 0.1) is 0 Å². The van der Waals surface area contributed by atoms with Gasteiger partial charge in [0.2, 0.25) is 0 Å². The number of carbonyl (C=O) groups excluding carboxylic acids is 1. The molecule has 0 fully saturated rings. The number of hydrogen-bond donors (Lipinski definition) is 1. The zero-order chi connectivity index (χ0) is 10.7. The lowest BCUT2D eigenvalue weighted by atomic mass is 10.2. The van der Waals surface area contributed by atoms with E-state index in [4.69, 9.17) is 17.3 Å². The Hall–Kier alpha value is -1.23. The summed E-state index contributed by atoms with van der Waals surface area (Å²) < 4.78 is 24.7. The first-order chi connectivity index (χ1) is 6.56. The van der Waals surface area contributed by atoms with Crippen LogP contribution in [0.15, 0.2) is 12.1 Å². The van der Waals surface area contributed by atoms with Gasteiger partial charge in [0.25, 0.3) is 12.3 Å². The van der Waals surface area contributed by atoms with Gasteiger partial charge in [-0.25, -0.2) is 13.8 Å². The van der Waals surface area contributed by atoms with E-state index in [9.17, 15) is 13.6 Å². The molecule has 1 heterocycles. The summed E-state index contributed by atoms with van der Waals surface area (Å²) in [7, 11) is 0. The number of halogens is 3. The Balaban J connectivity index is 3.18. The van der Waals surface area contributed by atoms with Crippen LogP contribution < -0.4 is 5.73 Å². The highest BCUT2D eigenvalue weighted by Gasteiger charge is 2.15. The molecule has 0 aromatic carbocycles. The number of pyridine rings is 1. The van der Waals surface area contributed by atoms with Crippen molar-refractivity contribution in [3.05, 3.63) is 29.1 Å². The summed E-state index contributed by atoms with van der Waals surface area (Å²) in [6.45, 7) is 0. The third-order valence-corrected chi connectivity index (χ3v) is 1.88. The van der Waals surface area contributed by atoms with E-state index in [2.05, 4.69) is 4.98 Å². The van der Waals surface area contributed by atoms with Gasteiger partial charge in [0.05, 0.1) is 11.6 Å². The summed E-state index contributed by atoms with van der Waals surface area (Å²) in [6, 6.07) is 2.26. The Kier molecular flexibility index (Phi) is 3.35. The first-order valence-corrected chi connectivity index (χ1v) is 4.23. The van der Waals surface area contributed by atoms with E-state index in [1.165, 1.54) is 0 Å². The maximum atomic E-state index is 12.3. The minimum Gasteiger partial charge on any atom is -0.364 e. The van der Waals surface area contributed by atoms with Crippen molar-refractivity contribution in [1.29, 1.82) is 0 Å². The van der Waals surface area contributed by atoms with Crippen molar-refractivity contribution in [2.75, 3.05) is 0 Å². The fourth-order valence-corrected chi connectivity index (χ4v) is 1.17. The maximum Gasteiger partial charge on any atom is 0.267 e. The number of alkyl halides is 3. The van der Waals surface area contributed by atoms with Gasteiger partial charge in [-0.05, 0) is 12.1 Å². The summed E-state index contributed by atoms with van der Waals surface area (Å²) in [5.41, 5.74) is 4.58. The Labute approximate surface area is 83.9 Å². The summed E-state index contributed by atoms with van der Waals surface area (Å²) in [5, 5.41) is 0. The van der Waals surface area contributed by atoms with Gasteiger partial charge in [0, 0.05) is 5.56 Å². The molecular weight excluding hydrogens is 214 g/mol. The van der Waals surface area contributed by atoms with Crippen molar-refractivity contribution < 1.29 is 13.6 Å². The Morgan fingerprint density at radius 2 is 2.21 bits per heavy atom. The average Bonchev–Trinajstić information content (AvgIpc) is 2.16. The molecule has 1 amide bonds. The van der Waals surface area contributed by atoms with Crippen LogP contribution in [0.5, 0.6) is 0 Å². The maximum absolute atomic E-state index is 12.3. The number of primary amides is 1. The van der Waals surface area contributed by atoms with E-state index in [-0.39, 0.29) is 22.8 Å². The molecule has 0 atom stereocenters. The van der Waals surface area contributed by atoms with E-state index >= 15 is 0 Å². The van der Waals surface area contributed by atoms with Crippen LogP contribution in [0.1, 0.15) is 28.2 Å². The highest BCUT2D eigenvalue weighted by atomic mass is 35.5. The fourth-order valence-electron chi connectivity index (χ4n) is 0.955. The van der Waals surface area contributed by atoms with Crippen LogP contribution in [0.4, 0.5) is 8.78 Å². The minimum absolute atomic E-state index is 0.0158. The second kappa shape index (κ2) is 4.32. The van der Waals surface area contributed by atoms with E-state index in [0.717, 1.165) is 12.1 Å². The Morgan fingerprint density at radius 3 is 2.64 bits per heavy atom. The molecule has 0 aliphatic rings. The minimum atomic E-state index is -2.65. The van der Waals surface area contributed by atoms with Gasteiger partial charge >= 0.3 is 0 Å². The van der Waals surface area contributed by atoms with Crippen LogP contribution in [-0.2, 0) is 5.88 Å². The summed E-state index contributed by atoms with van der Waals surface area (Å²) >= 11 is 5.40. The van der Waals surface area contributed by atoms with Gasteiger partial charge < -0.3 is 5.73 Å². The van der Waals surface area contributed by atoms with Crippen LogP contribution in [0.3, 0.4) is 0 Å². The molecule has 1 aromatic rings. The number of rotatable bonds is 3. The molecule has 0 saturated heterocycles. The molecule has 3 nitrogen and oxygen atoms in total. The third-order valence-electron chi connectivity index (χ3n) is 1.62. The van der Waals surface area contributed by atoms with E-state index < -0.39 is 12.3 Å². The lowest BCUT2D eigenvalue weighted by Crippen LogP contribution is -2.14. The molecule has 1 aromatic heterocycles. The highest BCUT2D eigenvalue weighted by molar-refractivity contribution is 6.17. The second-order valence-corrected chi connectivity index (χ2v) is 2.80. The van der Waals surface area contributed by atoms with Crippen molar-refractivity contribution in [3.63, 3.8) is 0 Å². The second-order valence-electron chi connectivity index (χ2n) is 2.53. The standard InChI is InChI=1S/C8H7ClF2N2O/c9-3-6-4(7(10)11)1-2-5(13-6)8(12)14/h1-2,7H,3H2,(H2,12,14). The van der Waals surface area contributed by atoms with Crippen molar-refractivity contribution in [2.24, 2.45) is 5.73 Å².